The topological polar surface area (TPSA) is 6.25 Å². The van der Waals surface area contributed by atoms with E-state index in [0.717, 1.165) is 13.1 Å². The number of rotatable bonds is 4. The highest BCUT2D eigenvalue weighted by Gasteiger charge is 2.21. The van der Waals surface area contributed by atoms with Gasteiger partial charge in [-0.3, -0.25) is 0 Å². The van der Waals surface area contributed by atoms with E-state index in [1.54, 1.807) is 0 Å². The standard InChI is InChI=1S/C21H25N2/c1-22(2)17-20(18-11-5-3-6-12-18)21(23-15-9-10-16-23)19-13-7-4-8-14-19/h3-8,11-14,17H,9-10,15-16H2,1-2H3/q+1. The van der Waals surface area contributed by atoms with Crippen molar-refractivity contribution < 1.29 is 4.58 Å². The third kappa shape index (κ3) is 3.70. The van der Waals surface area contributed by atoms with Gasteiger partial charge in [-0.15, -0.1) is 0 Å². The molecule has 2 nitrogen and oxygen atoms in total. The SMILES string of the molecule is C[N+](C)=C/C(=C(/c1ccccc1)N1CCCC1)c1ccccc1. The Kier molecular flexibility index (Phi) is 4.92. The Hall–Kier alpha value is -2.35. The molecule has 0 unspecified atom stereocenters. The van der Waals surface area contributed by atoms with Gasteiger partial charge in [-0.25, -0.2) is 4.58 Å². The van der Waals surface area contributed by atoms with Crippen LogP contribution in [0.15, 0.2) is 60.7 Å². The van der Waals surface area contributed by atoms with Crippen LogP contribution in [0.5, 0.6) is 0 Å². The van der Waals surface area contributed by atoms with Crippen LogP contribution >= 0.6 is 0 Å². The van der Waals surface area contributed by atoms with Gasteiger partial charge in [0.25, 0.3) is 0 Å². The summed E-state index contributed by atoms with van der Waals surface area (Å²) in [5, 5.41) is 0. The molecule has 0 aliphatic carbocycles. The summed E-state index contributed by atoms with van der Waals surface area (Å²) in [6.45, 7) is 2.28. The third-order valence-electron chi connectivity index (χ3n) is 4.20. The minimum absolute atomic E-state index is 1.14. The fraction of sp³-hybridized carbons (Fsp3) is 0.286. The Labute approximate surface area is 139 Å². The number of hydrogen-bond donors (Lipinski definition) is 0. The Balaban J connectivity index is 2.23. The number of benzene rings is 2. The lowest BCUT2D eigenvalue weighted by Crippen LogP contribution is -2.20. The van der Waals surface area contributed by atoms with Gasteiger partial charge >= 0.3 is 0 Å². The average Bonchev–Trinajstić information content (AvgIpc) is 3.10. The maximum atomic E-state index is 2.54. The minimum atomic E-state index is 1.14. The molecule has 23 heavy (non-hydrogen) atoms. The van der Waals surface area contributed by atoms with E-state index in [2.05, 4.69) is 90.4 Å². The van der Waals surface area contributed by atoms with Crippen LogP contribution in [-0.2, 0) is 0 Å². The van der Waals surface area contributed by atoms with Crippen molar-refractivity contribution in [3.05, 3.63) is 71.8 Å². The highest BCUT2D eigenvalue weighted by Crippen LogP contribution is 2.31. The molecule has 2 aromatic carbocycles. The molecular formula is C21H25N2+. The van der Waals surface area contributed by atoms with Crippen molar-refractivity contribution in [2.24, 2.45) is 0 Å². The molecule has 118 valence electrons. The summed E-state index contributed by atoms with van der Waals surface area (Å²) in [7, 11) is 4.19. The van der Waals surface area contributed by atoms with Crippen LogP contribution in [0.2, 0.25) is 0 Å². The summed E-state index contributed by atoms with van der Waals surface area (Å²) in [5.74, 6) is 0. The van der Waals surface area contributed by atoms with E-state index >= 15 is 0 Å². The van der Waals surface area contributed by atoms with E-state index < -0.39 is 0 Å². The molecule has 3 rings (SSSR count). The zero-order valence-corrected chi connectivity index (χ0v) is 14.1. The summed E-state index contributed by atoms with van der Waals surface area (Å²) in [6, 6.07) is 21.5. The first-order chi connectivity index (χ1) is 11.3. The second-order valence-corrected chi connectivity index (χ2v) is 6.28. The molecule has 0 bridgehead atoms. The van der Waals surface area contributed by atoms with E-state index in [0.29, 0.717) is 0 Å². The van der Waals surface area contributed by atoms with Gasteiger partial charge in [-0.1, -0.05) is 60.7 Å². The fourth-order valence-electron chi connectivity index (χ4n) is 3.19. The molecule has 2 aromatic rings. The molecule has 1 heterocycles. The molecule has 0 atom stereocenters. The molecule has 1 aliphatic rings. The summed E-state index contributed by atoms with van der Waals surface area (Å²) >= 11 is 0. The third-order valence-corrected chi connectivity index (χ3v) is 4.20. The van der Waals surface area contributed by atoms with Gasteiger partial charge < -0.3 is 4.90 Å². The van der Waals surface area contributed by atoms with Crippen LogP contribution in [-0.4, -0.2) is 42.9 Å². The van der Waals surface area contributed by atoms with Gasteiger partial charge in [0.2, 0.25) is 0 Å². The number of hydrogen-bond acceptors (Lipinski definition) is 1. The summed E-state index contributed by atoms with van der Waals surface area (Å²) < 4.78 is 2.14. The quantitative estimate of drug-likeness (QED) is 0.470. The monoisotopic (exact) mass is 305 g/mol. The summed E-state index contributed by atoms with van der Waals surface area (Å²) in [6.07, 6.45) is 4.80. The van der Waals surface area contributed by atoms with E-state index in [1.165, 1.54) is 35.2 Å². The maximum absolute atomic E-state index is 2.54. The molecule has 2 heteroatoms. The lowest BCUT2D eigenvalue weighted by molar-refractivity contribution is -0.458. The first kappa shape index (κ1) is 15.5. The Morgan fingerprint density at radius 3 is 1.87 bits per heavy atom. The van der Waals surface area contributed by atoms with Crippen molar-refractivity contribution in [1.82, 2.24) is 4.90 Å². The number of likely N-dealkylation sites (tertiary alicyclic amines) is 1. The minimum Gasteiger partial charge on any atom is -0.370 e. The van der Waals surface area contributed by atoms with Crippen LogP contribution in [0.4, 0.5) is 0 Å². The van der Waals surface area contributed by atoms with Crippen LogP contribution in [0.1, 0.15) is 24.0 Å². The van der Waals surface area contributed by atoms with Gasteiger partial charge in [0.1, 0.15) is 14.1 Å². The maximum Gasteiger partial charge on any atom is 0.172 e. The predicted octanol–water partition coefficient (Wildman–Crippen LogP) is 3.99. The van der Waals surface area contributed by atoms with Gasteiger partial charge in [-0.2, -0.15) is 0 Å². The molecule has 0 radical (unpaired) electrons. The normalized spacial score (nSPS) is 15.3. The van der Waals surface area contributed by atoms with Crippen molar-refractivity contribution in [2.45, 2.75) is 12.8 Å². The van der Waals surface area contributed by atoms with Crippen molar-refractivity contribution >= 4 is 17.5 Å². The van der Waals surface area contributed by atoms with Gasteiger partial charge in [-0.05, 0) is 24.0 Å². The molecule has 1 saturated heterocycles. The van der Waals surface area contributed by atoms with Crippen LogP contribution in [0.25, 0.3) is 11.3 Å². The molecule has 0 aromatic heterocycles. The highest BCUT2D eigenvalue weighted by molar-refractivity contribution is 6.17. The van der Waals surface area contributed by atoms with Crippen molar-refractivity contribution in [3.8, 4) is 0 Å². The van der Waals surface area contributed by atoms with E-state index in [4.69, 9.17) is 0 Å². The first-order valence-electron chi connectivity index (χ1n) is 8.37. The van der Waals surface area contributed by atoms with Crippen LogP contribution in [0.3, 0.4) is 0 Å². The van der Waals surface area contributed by atoms with E-state index in [1.807, 2.05) is 0 Å². The lowest BCUT2D eigenvalue weighted by atomic mass is 9.99. The molecular weight excluding hydrogens is 280 g/mol. The average molecular weight is 305 g/mol. The number of allylic oxidation sites excluding steroid dienone is 1. The zero-order chi connectivity index (χ0) is 16.1. The number of nitrogens with zero attached hydrogens (tertiary/aromatic N) is 2. The van der Waals surface area contributed by atoms with Crippen molar-refractivity contribution in [2.75, 3.05) is 27.2 Å². The first-order valence-corrected chi connectivity index (χ1v) is 8.37. The van der Waals surface area contributed by atoms with Gasteiger partial charge in [0.05, 0.1) is 11.3 Å². The van der Waals surface area contributed by atoms with E-state index in [9.17, 15) is 0 Å². The Bertz CT molecular complexity index is 689. The van der Waals surface area contributed by atoms with Gasteiger partial charge in [0, 0.05) is 13.1 Å². The fourth-order valence-corrected chi connectivity index (χ4v) is 3.19. The summed E-state index contributed by atoms with van der Waals surface area (Å²) in [5.41, 5.74) is 5.21. The largest absolute Gasteiger partial charge is 0.370 e. The smallest absolute Gasteiger partial charge is 0.172 e. The van der Waals surface area contributed by atoms with E-state index in [-0.39, 0.29) is 0 Å². The second kappa shape index (κ2) is 7.28. The molecule has 1 aliphatic heterocycles. The Morgan fingerprint density at radius 1 is 0.826 bits per heavy atom. The lowest BCUT2D eigenvalue weighted by Gasteiger charge is -2.24. The molecule has 0 saturated carbocycles. The molecule has 1 fully saturated rings. The second-order valence-electron chi connectivity index (χ2n) is 6.28. The van der Waals surface area contributed by atoms with Crippen LogP contribution < -0.4 is 0 Å². The zero-order valence-electron chi connectivity index (χ0n) is 14.1. The molecule has 0 N–H and O–H groups in total. The highest BCUT2D eigenvalue weighted by atomic mass is 15.2. The van der Waals surface area contributed by atoms with Gasteiger partial charge in [0.15, 0.2) is 6.21 Å². The molecule has 0 amide bonds. The summed E-state index contributed by atoms with van der Waals surface area (Å²) in [4.78, 5) is 2.54. The molecule has 0 spiro atoms. The Morgan fingerprint density at radius 2 is 1.35 bits per heavy atom. The predicted molar refractivity (Wildman–Crippen MR) is 98.7 cm³/mol. The van der Waals surface area contributed by atoms with Crippen LogP contribution in [0, 0.1) is 0 Å². The van der Waals surface area contributed by atoms with Crippen molar-refractivity contribution in [1.29, 1.82) is 0 Å². The van der Waals surface area contributed by atoms with Crippen molar-refractivity contribution in [3.63, 3.8) is 0 Å².